The Kier molecular flexibility index (Phi) is 8.64. The smallest absolute Gasteiger partial charge is 0.253 e. The summed E-state index contributed by atoms with van der Waals surface area (Å²) in [7, 11) is 0. The summed E-state index contributed by atoms with van der Waals surface area (Å²) in [4.78, 5) is 20.5. The van der Waals surface area contributed by atoms with E-state index in [2.05, 4.69) is 72.1 Å². The highest BCUT2D eigenvalue weighted by molar-refractivity contribution is 7.80. The molecule has 1 atom stereocenters. The first kappa shape index (κ1) is 24.9. The number of aryl methyl sites for hydroxylation is 2. The van der Waals surface area contributed by atoms with Crippen molar-refractivity contribution in [1.82, 2.24) is 20.1 Å². The van der Waals surface area contributed by atoms with Crippen molar-refractivity contribution in [2.45, 2.75) is 47.2 Å². The summed E-state index contributed by atoms with van der Waals surface area (Å²) >= 11 is 5.84. The van der Waals surface area contributed by atoms with Gasteiger partial charge in [0.05, 0.1) is 18.1 Å². The zero-order valence-electron chi connectivity index (χ0n) is 20.4. The molecule has 0 aliphatic rings. The Morgan fingerprint density at radius 1 is 1.06 bits per heavy atom. The molecule has 3 rings (SSSR count). The fourth-order valence-corrected chi connectivity index (χ4v) is 4.54. The minimum Gasteiger partial charge on any atom is -0.356 e. The molecule has 0 unspecified atom stereocenters. The van der Waals surface area contributed by atoms with Crippen LogP contribution in [0.5, 0.6) is 0 Å². The summed E-state index contributed by atoms with van der Waals surface area (Å²) in [5.41, 5.74) is 5.02. The SMILES string of the molecule is CCN(CC)CCN(Cc1cc2cc(C)cc(C)c2[nH]c1=O)C(=S)N[C@@H](C)c1ccccc1. The molecule has 33 heavy (non-hydrogen) atoms. The number of hydrogen-bond donors (Lipinski definition) is 2. The number of H-pyrrole nitrogens is 1. The molecule has 0 amide bonds. The van der Waals surface area contributed by atoms with E-state index in [0.29, 0.717) is 11.7 Å². The maximum Gasteiger partial charge on any atom is 0.253 e. The molecule has 6 heteroatoms. The predicted octanol–water partition coefficient (Wildman–Crippen LogP) is 4.92. The van der Waals surface area contributed by atoms with Crippen LogP contribution in [0.25, 0.3) is 10.9 Å². The maximum absolute atomic E-state index is 13.0. The summed E-state index contributed by atoms with van der Waals surface area (Å²) in [6.07, 6.45) is 0. The van der Waals surface area contributed by atoms with Gasteiger partial charge in [0.15, 0.2) is 5.11 Å². The molecule has 0 saturated heterocycles. The minimum atomic E-state index is -0.0544. The van der Waals surface area contributed by atoms with Crippen LogP contribution in [0.2, 0.25) is 0 Å². The molecule has 5 nitrogen and oxygen atoms in total. The van der Waals surface area contributed by atoms with Crippen LogP contribution in [0.3, 0.4) is 0 Å². The van der Waals surface area contributed by atoms with E-state index in [1.807, 2.05) is 31.2 Å². The van der Waals surface area contributed by atoms with Crippen molar-refractivity contribution in [1.29, 1.82) is 0 Å². The Labute approximate surface area is 202 Å². The van der Waals surface area contributed by atoms with Gasteiger partial charge in [0.1, 0.15) is 0 Å². The molecule has 176 valence electrons. The lowest BCUT2D eigenvalue weighted by Crippen LogP contribution is -2.44. The number of aromatic nitrogens is 1. The summed E-state index contributed by atoms with van der Waals surface area (Å²) in [6.45, 7) is 14.6. The third kappa shape index (κ3) is 6.42. The van der Waals surface area contributed by atoms with E-state index in [1.165, 1.54) is 11.1 Å². The largest absolute Gasteiger partial charge is 0.356 e. The first-order valence-corrected chi connectivity index (χ1v) is 12.2. The fraction of sp³-hybridized carbons (Fsp3) is 0.407. The highest BCUT2D eigenvalue weighted by Crippen LogP contribution is 2.19. The highest BCUT2D eigenvalue weighted by Gasteiger charge is 2.17. The minimum absolute atomic E-state index is 0.0544. The van der Waals surface area contributed by atoms with Crippen molar-refractivity contribution in [3.63, 3.8) is 0 Å². The number of hydrogen-bond acceptors (Lipinski definition) is 3. The first-order valence-electron chi connectivity index (χ1n) is 11.8. The molecular formula is C27H36N4OS. The van der Waals surface area contributed by atoms with Crippen molar-refractivity contribution in [2.24, 2.45) is 0 Å². The Hall–Kier alpha value is -2.70. The number of rotatable bonds is 9. The van der Waals surface area contributed by atoms with E-state index in [1.54, 1.807) is 0 Å². The van der Waals surface area contributed by atoms with E-state index >= 15 is 0 Å². The zero-order valence-corrected chi connectivity index (χ0v) is 21.3. The molecule has 0 fully saturated rings. The molecular weight excluding hydrogens is 428 g/mol. The van der Waals surface area contributed by atoms with Gasteiger partial charge in [-0.3, -0.25) is 4.79 Å². The quantitative estimate of drug-likeness (QED) is 0.440. The van der Waals surface area contributed by atoms with E-state index in [0.717, 1.165) is 48.2 Å². The number of fused-ring (bicyclic) bond motifs is 1. The van der Waals surface area contributed by atoms with Gasteiger partial charge in [-0.2, -0.15) is 0 Å². The van der Waals surface area contributed by atoms with Crippen LogP contribution in [0.4, 0.5) is 0 Å². The zero-order chi connectivity index (χ0) is 24.0. The molecule has 0 bridgehead atoms. The first-order chi connectivity index (χ1) is 15.8. The Morgan fingerprint density at radius 2 is 1.76 bits per heavy atom. The van der Waals surface area contributed by atoms with Crippen LogP contribution in [0.15, 0.2) is 53.3 Å². The molecule has 0 radical (unpaired) electrons. The van der Waals surface area contributed by atoms with E-state index in [9.17, 15) is 4.79 Å². The van der Waals surface area contributed by atoms with Crippen LogP contribution in [-0.2, 0) is 6.54 Å². The average molecular weight is 465 g/mol. The number of aromatic amines is 1. The Bertz CT molecular complexity index is 1140. The Balaban J connectivity index is 1.86. The maximum atomic E-state index is 13.0. The number of benzene rings is 2. The average Bonchev–Trinajstić information content (AvgIpc) is 2.80. The highest BCUT2D eigenvalue weighted by atomic mass is 32.1. The monoisotopic (exact) mass is 464 g/mol. The molecule has 2 N–H and O–H groups in total. The van der Waals surface area contributed by atoms with Gasteiger partial charge in [-0.05, 0) is 74.7 Å². The summed E-state index contributed by atoms with van der Waals surface area (Å²) < 4.78 is 0. The molecule has 0 aliphatic carbocycles. The number of likely N-dealkylation sites (N-methyl/N-ethyl adjacent to an activating group) is 1. The van der Waals surface area contributed by atoms with Crippen molar-refractivity contribution in [3.8, 4) is 0 Å². The Morgan fingerprint density at radius 3 is 2.42 bits per heavy atom. The summed E-state index contributed by atoms with van der Waals surface area (Å²) in [6, 6.07) is 16.6. The van der Waals surface area contributed by atoms with Gasteiger partial charge in [-0.1, -0.05) is 55.8 Å². The number of nitrogens with one attached hydrogen (secondary N) is 2. The van der Waals surface area contributed by atoms with Gasteiger partial charge >= 0.3 is 0 Å². The second-order valence-electron chi connectivity index (χ2n) is 8.70. The third-order valence-corrected chi connectivity index (χ3v) is 6.61. The molecule has 0 saturated carbocycles. The van der Waals surface area contributed by atoms with E-state index < -0.39 is 0 Å². The molecule has 0 spiro atoms. The van der Waals surface area contributed by atoms with E-state index in [-0.39, 0.29) is 11.6 Å². The van der Waals surface area contributed by atoms with Crippen LogP contribution in [0, 0.1) is 13.8 Å². The standard InChI is InChI=1S/C27H36N4OS/c1-6-30(7-2)13-14-31(27(33)28-21(5)22-11-9-8-10-12-22)18-24-17-23-16-19(3)15-20(4)25(23)29-26(24)32/h8-12,15-17,21H,6-7,13-14,18H2,1-5H3,(H,28,33)(H,29,32)/t21-/m0/s1. The van der Waals surface area contributed by atoms with Crippen molar-refractivity contribution >= 4 is 28.2 Å². The number of nitrogens with zero attached hydrogens (tertiary/aromatic N) is 2. The van der Waals surface area contributed by atoms with Gasteiger partial charge in [0.25, 0.3) is 5.56 Å². The van der Waals surface area contributed by atoms with Crippen LogP contribution in [-0.4, -0.2) is 46.1 Å². The lowest BCUT2D eigenvalue weighted by Gasteiger charge is -2.30. The second kappa shape index (κ2) is 11.4. The molecule has 1 aromatic heterocycles. The normalized spacial score (nSPS) is 12.2. The lowest BCUT2D eigenvalue weighted by molar-refractivity contribution is 0.262. The fourth-order valence-electron chi connectivity index (χ4n) is 4.21. The van der Waals surface area contributed by atoms with Crippen molar-refractivity contribution < 1.29 is 0 Å². The van der Waals surface area contributed by atoms with Gasteiger partial charge < -0.3 is 20.1 Å². The van der Waals surface area contributed by atoms with Crippen molar-refractivity contribution in [3.05, 3.63) is 81.1 Å². The topological polar surface area (TPSA) is 51.4 Å². The number of pyridine rings is 1. The van der Waals surface area contributed by atoms with Gasteiger partial charge in [0, 0.05) is 18.7 Å². The second-order valence-corrected chi connectivity index (χ2v) is 9.09. The number of thiocarbonyl (C=S) groups is 1. The summed E-state index contributed by atoms with van der Waals surface area (Å²) in [5.74, 6) is 0. The van der Waals surface area contributed by atoms with Gasteiger partial charge in [-0.15, -0.1) is 0 Å². The van der Waals surface area contributed by atoms with Gasteiger partial charge in [-0.25, -0.2) is 0 Å². The molecule has 3 aromatic rings. The predicted molar refractivity (Wildman–Crippen MR) is 143 cm³/mol. The van der Waals surface area contributed by atoms with Crippen LogP contribution < -0.4 is 10.9 Å². The lowest BCUT2D eigenvalue weighted by atomic mass is 10.1. The molecule has 0 aliphatic heterocycles. The third-order valence-electron chi connectivity index (χ3n) is 6.24. The molecule has 1 heterocycles. The van der Waals surface area contributed by atoms with Crippen molar-refractivity contribution in [2.75, 3.05) is 26.2 Å². The van der Waals surface area contributed by atoms with E-state index in [4.69, 9.17) is 12.2 Å². The van der Waals surface area contributed by atoms with Crippen LogP contribution in [0.1, 0.15) is 49.1 Å². The van der Waals surface area contributed by atoms with Crippen LogP contribution >= 0.6 is 12.2 Å². The van der Waals surface area contributed by atoms with Gasteiger partial charge in [0.2, 0.25) is 0 Å². The summed E-state index contributed by atoms with van der Waals surface area (Å²) in [5, 5.41) is 5.20. The molecule has 2 aromatic carbocycles.